The Hall–Kier alpha value is -0.410. The van der Waals surface area contributed by atoms with Gasteiger partial charge in [-0.05, 0) is 59.0 Å². The highest BCUT2D eigenvalue weighted by Crippen LogP contribution is 2.27. The number of benzene rings is 1. The molecule has 1 aliphatic rings. The predicted octanol–water partition coefficient (Wildman–Crippen LogP) is 4.50. The lowest BCUT2D eigenvalue weighted by atomic mass is 10.0. The molecule has 0 aliphatic heterocycles. The van der Waals surface area contributed by atoms with E-state index in [0.717, 1.165) is 39.3 Å². The molecule has 3 heteroatoms. The minimum atomic E-state index is 0.159. The van der Waals surface area contributed by atoms with Gasteiger partial charge >= 0.3 is 0 Å². The topological polar surface area (TPSA) is 17.1 Å². The van der Waals surface area contributed by atoms with Crippen molar-refractivity contribution in [3.63, 3.8) is 0 Å². The Morgan fingerprint density at radius 3 is 2.67 bits per heavy atom. The molecular weight excluding hydrogens is 320 g/mol. The molecule has 1 aliphatic carbocycles. The van der Waals surface area contributed by atoms with E-state index in [2.05, 4.69) is 37.9 Å². The number of allylic oxidation sites excluding steroid dienone is 2. The maximum absolute atomic E-state index is 12.1. The zero-order valence-corrected chi connectivity index (χ0v) is 11.3. The highest BCUT2D eigenvalue weighted by molar-refractivity contribution is 9.11. The first-order valence-electron chi connectivity index (χ1n) is 4.87. The summed E-state index contributed by atoms with van der Waals surface area (Å²) in [5.74, 6) is 0.159. The maximum Gasteiger partial charge on any atom is 0.189 e. The second-order valence-electron chi connectivity index (χ2n) is 3.57. The summed E-state index contributed by atoms with van der Waals surface area (Å²) in [6.07, 6.45) is 5.11. The first-order valence-corrected chi connectivity index (χ1v) is 6.46. The molecule has 1 aromatic carbocycles. The molecule has 0 saturated heterocycles. The minimum absolute atomic E-state index is 0.159. The molecule has 0 amide bonds. The lowest BCUT2D eigenvalue weighted by Gasteiger charge is -2.04. The van der Waals surface area contributed by atoms with E-state index >= 15 is 0 Å². The van der Waals surface area contributed by atoms with Crippen molar-refractivity contribution in [2.24, 2.45) is 0 Å². The predicted molar refractivity (Wildman–Crippen MR) is 68.1 cm³/mol. The number of Topliss-reactive ketones (excluding diaryl/α,β-unsaturated/α-hetero) is 1. The Bertz CT molecular complexity index is 435. The Balaban J connectivity index is 2.33. The number of hydrogen-bond acceptors (Lipinski definition) is 1. The van der Waals surface area contributed by atoms with Crippen molar-refractivity contribution in [1.29, 1.82) is 0 Å². The third kappa shape index (κ3) is 2.40. The van der Waals surface area contributed by atoms with Crippen LogP contribution in [0.1, 0.15) is 29.6 Å². The molecule has 0 aromatic heterocycles. The Morgan fingerprint density at radius 2 is 2.07 bits per heavy atom. The molecule has 0 heterocycles. The quantitative estimate of drug-likeness (QED) is 0.730. The molecule has 0 N–H and O–H groups in total. The van der Waals surface area contributed by atoms with Crippen LogP contribution in [-0.2, 0) is 0 Å². The van der Waals surface area contributed by atoms with Crippen LogP contribution in [0.5, 0.6) is 0 Å². The fourth-order valence-corrected chi connectivity index (χ4v) is 2.95. The molecule has 0 atom stereocenters. The van der Waals surface area contributed by atoms with Crippen LogP contribution >= 0.6 is 31.9 Å². The first-order chi connectivity index (χ1) is 7.18. The molecular formula is C12H10Br2O. The molecule has 1 aromatic rings. The van der Waals surface area contributed by atoms with Crippen LogP contribution in [-0.4, -0.2) is 5.78 Å². The Labute approximate surface area is 106 Å². The highest BCUT2D eigenvalue weighted by Gasteiger charge is 2.17. The van der Waals surface area contributed by atoms with Crippen molar-refractivity contribution in [1.82, 2.24) is 0 Å². The number of rotatable bonds is 2. The van der Waals surface area contributed by atoms with Crippen molar-refractivity contribution in [3.8, 4) is 0 Å². The summed E-state index contributed by atoms with van der Waals surface area (Å²) in [4.78, 5) is 12.1. The number of halogens is 2. The lowest BCUT2D eigenvalue weighted by Crippen LogP contribution is -2.02. The average Bonchev–Trinajstić information content (AvgIpc) is 2.69. The van der Waals surface area contributed by atoms with Gasteiger partial charge in [0.1, 0.15) is 0 Å². The number of hydrogen-bond donors (Lipinski definition) is 0. The average molecular weight is 330 g/mol. The Morgan fingerprint density at radius 1 is 1.27 bits per heavy atom. The monoisotopic (exact) mass is 328 g/mol. The van der Waals surface area contributed by atoms with Crippen LogP contribution in [0.3, 0.4) is 0 Å². The van der Waals surface area contributed by atoms with Crippen LogP contribution < -0.4 is 0 Å². The number of carbonyl (C=O) groups is 1. The van der Waals surface area contributed by atoms with Crippen LogP contribution in [0.15, 0.2) is 38.8 Å². The molecule has 0 saturated carbocycles. The summed E-state index contributed by atoms with van der Waals surface area (Å²) in [6.45, 7) is 0. The van der Waals surface area contributed by atoms with E-state index in [1.165, 1.54) is 0 Å². The van der Waals surface area contributed by atoms with E-state index in [9.17, 15) is 4.79 Å². The third-order valence-electron chi connectivity index (χ3n) is 2.51. The van der Waals surface area contributed by atoms with E-state index in [1.54, 1.807) is 0 Å². The van der Waals surface area contributed by atoms with Crippen LogP contribution in [0.2, 0.25) is 0 Å². The summed E-state index contributed by atoms with van der Waals surface area (Å²) in [7, 11) is 0. The smallest absolute Gasteiger partial charge is 0.189 e. The van der Waals surface area contributed by atoms with Crippen molar-refractivity contribution in [3.05, 3.63) is 44.4 Å². The van der Waals surface area contributed by atoms with Gasteiger partial charge < -0.3 is 0 Å². The molecule has 1 nitrogen and oxygen atoms in total. The second kappa shape index (κ2) is 4.62. The van der Waals surface area contributed by atoms with Crippen molar-refractivity contribution >= 4 is 37.6 Å². The van der Waals surface area contributed by atoms with Gasteiger partial charge in [-0.1, -0.05) is 22.0 Å². The van der Waals surface area contributed by atoms with Crippen LogP contribution in [0, 0.1) is 0 Å². The van der Waals surface area contributed by atoms with Gasteiger partial charge in [0, 0.05) is 14.5 Å². The van der Waals surface area contributed by atoms with Gasteiger partial charge in [0.2, 0.25) is 0 Å². The molecule has 78 valence electrons. The van der Waals surface area contributed by atoms with E-state index in [-0.39, 0.29) is 5.78 Å². The zero-order valence-electron chi connectivity index (χ0n) is 8.09. The van der Waals surface area contributed by atoms with E-state index < -0.39 is 0 Å². The highest BCUT2D eigenvalue weighted by atomic mass is 79.9. The molecule has 0 unspecified atom stereocenters. The standard InChI is InChI=1S/C12H10Br2O/c13-9-5-6-10(11(14)7-9)12(15)8-3-1-2-4-8/h3,5-7H,1-2,4H2. The van der Waals surface area contributed by atoms with Gasteiger partial charge in [-0.3, -0.25) is 4.79 Å². The van der Waals surface area contributed by atoms with Crippen molar-refractivity contribution in [2.45, 2.75) is 19.3 Å². The van der Waals surface area contributed by atoms with E-state index in [4.69, 9.17) is 0 Å². The van der Waals surface area contributed by atoms with Gasteiger partial charge in [-0.2, -0.15) is 0 Å². The molecule has 15 heavy (non-hydrogen) atoms. The molecule has 0 spiro atoms. The molecule has 0 radical (unpaired) electrons. The van der Waals surface area contributed by atoms with Crippen molar-refractivity contribution < 1.29 is 4.79 Å². The first kappa shape index (κ1) is 11.1. The third-order valence-corrected chi connectivity index (χ3v) is 3.66. The molecule has 2 rings (SSSR count). The Kier molecular flexibility index (Phi) is 3.42. The van der Waals surface area contributed by atoms with Gasteiger partial charge in [-0.15, -0.1) is 0 Å². The minimum Gasteiger partial charge on any atom is -0.289 e. The fraction of sp³-hybridized carbons (Fsp3) is 0.250. The van der Waals surface area contributed by atoms with Gasteiger partial charge in [0.25, 0.3) is 0 Å². The van der Waals surface area contributed by atoms with Gasteiger partial charge in [0.15, 0.2) is 5.78 Å². The van der Waals surface area contributed by atoms with Crippen molar-refractivity contribution in [2.75, 3.05) is 0 Å². The van der Waals surface area contributed by atoms with E-state index in [0.29, 0.717) is 0 Å². The zero-order chi connectivity index (χ0) is 10.8. The molecule has 0 bridgehead atoms. The summed E-state index contributed by atoms with van der Waals surface area (Å²) in [6, 6.07) is 5.66. The SMILES string of the molecule is O=C(C1=CCCC1)c1ccc(Br)cc1Br. The van der Waals surface area contributed by atoms with E-state index in [1.807, 2.05) is 18.2 Å². The largest absolute Gasteiger partial charge is 0.289 e. The summed E-state index contributed by atoms with van der Waals surface area (Å²) < 4.78 is 1.83. The maximum atomic E-state index is 12.1. The van der Waals surface area contributed by atoms with Gasteiger partial charge in [0.05, 0.1) is 0 Å². The summed E-state index contributed by atoms with van der Waals surface area (Å²) in [5.41, 5.74) is 1.71. The van der Waals surface area contributed by atoms with Gasteiger partial charge in [-0.25, -0.2) is 0 Å². The lowest BCUT2D eigenvalue weighted by molar-refractivity contribution is 0.103. The number of carbonyl (C=O) groups excluding carboxylic acids is 1. The van der Waals surface area contributed by atoms with Crippen LogP contribution in [0.4, 0.5) is 0 Å². The summed E-state index contributed by atoms with van der Waals surface area (Å²) >= 11 is 6.79. The normalized spacial score (nSPS) is 15.2. The fourth-order valence-electron chi connectivity index (χ4n) is 1.72. The number of ketones is 1. The van der Waals surface area contributed by atoms with Crippen LogP contribution in [0.25, 0.3) is 0 Å². The summed E-state index contributed by atoms with van der Waals surface area (Å²) in [5, 5.41) is 0. The molecule has 0 fully saturated rings. The second-order valence-corrected chi connectivity index (χ2v) is 5.34.